The second kappa shape index (κ2) is 8.97. The number of anilines is 1. The van der Waals surface area contributed by atoms with Crippen LogP contribution in [0.25, 0.3) is 10.6 Å². The molecule has 5 nitrogen and oxygen atoms in total. The first-order valence-electron chi connectivity index (χ1n) is 9.44. The molecule has 3 aromatic rings. The molecule has 0 atom stereocenters. The van der Waals surface area contributed by atoms with E-state index in [4.69, 9.17) is 4.74 Å². The Morgan fingerprint density at radius 2 is 1.82 bits per heavy atom. The van der Waals surface area contributed by atoms with Crippen LogP contribution in [0.4, 0.5) is 5.13 Å². The van der Waals surface area contributed by atoms with Crippen LogP contribution < -0.4 is 9.64 Å². The van der Waals surface area contributed by atoms with Crippen LogP contribution in [0.15, 0.2) is 48.5 Å². The van der Waals surface area contributed by atoms with E-state index in [1.54, 1.807) is 11.0 Å². The van der Waals surface area contributed by atoms with Crippen molar-refractivity contribution in [2.45, 2.75) is 27.7 Å². The number of para-hydroxylation sites is 1. The molecule has 0 saturated carbocycles. The number of aryl methyl sites for hydroxylation is 1. The van der Waals surface area contributed by atoms with Crippen molar-refractivity contribution in [1.82, 2.24) is 10.2 Å². The first kappa shape index (κ1) is 20.0. The van der Waals surface area contributed by atoms with Crippen LogP contribution in [0.2, 0.25) is 0 Å². The molecule has 2 aromatic carbocycles. The normalized spacial score (nSPS) is 10.9. The van der Waals surface area contributed by atoms with Crippen molar-refractivity contribution in [3.05, 3.63) is 59.7 Å². The van der Waals surface area contributed by atoms with Gasteiger partial charge in [0.25, 0.3) is 5.91 Å². The van der Waals surface area contributed by atoms with E-state index in [2.05, 4.69) is 24.0 Å². The first-order chi connectivity index (χ1) is 13.5. The van der Waals surface area contributed by atoms with E-state index in [-0.39, 0.29) is 11.8 Å². The molecule has 0 aliphatic heterocycles. The zero-order valence-corrected chi connectivity index (χ0v) is 17.5. The van der Waals surface area contributed by atoms with Crippen LogP contribution in [-0.2, 0) is 0 Å². The summed E-state index contributed by atoms with van der Waals surface area (Å²) in [5.41, 5.74) is 2.71. The highest BCUT2D eigenvalue weighted by molar-refractivity contribution is 7.18. The van der Waals surface area contributed by atoms with Crippen molar-refractivity contribution in [2.75, 3.05) is 18.1 Å². The van der Waals surface area contributed by atoms with Crippen LogP contribution in [-0.4, -0.2) is 29.3 Å². The molecule has 0 bridgehead atoms. The zero-order chi connectivity index (χ0) is 20.1. The SMILES string of the molecule is CCOc1ccccc1C(=O)N(CC(C)C)c1nnc(-c2ccccc2C)s1. The minimum Gasteiger partial charge on any atom is -0.493 e. The standard InChI is InChI=1S/C22H25N3O2S/c1-5-27-19-13-9-8-12-18(19)21(26)25(14-15(2)3)22-24-23-20(28-22)17-11-7-6-10-16(17)4/h6-13,15H,5,14H2,1-4H3. The van der Waals surface area contributed by atoms with Crippen LogP contribution >= 0.6 is 11.3 Å². The molecule has 146 valence electrons. The van der Waals surface area contributed by atoms with Gasteiger partial charge in [0.1, 0.15) is 10.8 Å². The summed E-state index contributed by atoms with van der Waals surface area (Å²) < 4.78 is 5.66. The number of hydrogen-bond donors (Lipinski definition) is 0. The number of rotatable bonds is 7. The summed E-state index contributed by atoms with van der Waals surface area (Å²) in [5, 5.41) is 10.1. The van der Waals surface area contributed by atoms with Gasteiger partial charge in [0.2, 0.25) is 5.13 Å². The van der Waals surface area contributed by atoms with E-state index in [1.807, 2.05) is 56.3 Å². The summed E-state index contributed by atoms with van der Waals surface area (Å²) >= 11 is 1.43. The average Bonchev–Trinajstić information content (AvgIpc) is 3.16. The quantitative estimate of drug-likeness (QED) is 0.551. The van der Waals surface area contributed by atoms with E-state index in [0.29, 0.717) is 29.6 Å². The summed E-state index contributed by atoms with van der Waals surface area (Å²) in [4.78, 5) is 15.1. The molecule has 0 unspecified atom stereocenters. The molecular formula is C22H25N3O2S. The van der Waals surface area contributed by atoms with Gasteiger partial charge in [-0.3, -0.25) is 9.69 Å². The molecule has 3 rings (SSSR count). The second-order valence-corrected chi connectivity index (χ2v) is 7.90. The lowest BCUT2D eigenvalue weighted by atomic mass is 10.1. The molecular weight excluding hydrogens is 370 g/mol. The summed E-state index contributed by atoms with van der Waals surface area (Å²) in [6.45, 7) is 9.18. The minimum atomic E-state index is -0.120. The van der Waals surface area contributed by atoms with Crippen molar-refractivity contribution in [3.8, 4) is 16.3 Å². The number of amides is 1. The molecule has 0 spiro atoms. The van der Waals surface area contributed by atoms with Crippen LogP contribution in [0.3, 0.4) is 0 Å². The van der Waals surface area contributed by atoms with Crippen molar-refractivity contribution < 1.29 is 9.53 Å². The predicted molar refractivity (Wildman–Crippen MR) is 114 cm³/mol. The number of hydrogen-bond acceptors (Lipinski definition) is 5. The summed E-state index contributed by atoms with van der Waals surface area (Å²) in [5.74, 6) is 0.756. The fraction of sp³-hybridized carbons (Fsp3) is 0.318. The summed E-state index contributed by atoms with van der Waals surface area (Å²) in [6, 6.07) is 15.4. The Balaban J connectivity index is 1.98. The van der Waals surface area contributed by atoms with Gasteiger partial charge in [-0.2, -0.15) is 0 Å². The molecule has 1 heterocycles. The number of ether oxygens (including phenoxy) is 1. The van der Waals surface area contributed by atoms with Crippen LogP contribution in [0.1, 0.15) is 36.7 Å². The Labute approximate surface area is 170 Å². The number of carbonyl (C=O) groups excluding carboxylic acids is 1. The Hall–Kier alpha value is -2.73. The number of nitrogens with zero attached hydrogens (tertiary/aromatic N) is 3. The third-order valence-electron chi connectivity index (χ3n) is 4.23. The van der Waals surface area contributed by atoms with Gasteiger partial charge < -0.3 is 4.74 Å². The molecule has 0 N–H and O–H groups in total. The summed E-state index contributed by atoms with van der Waals surface area (Å²) in [7, 11) is 0. The number of benzene rings is 2. The fourth-order valence-corrected chi connectivity index (χ4v) is 3.87. The van der Waals surface area contributed by atoms with E-state index in [0.717, 1.165) is 16.1 Å². The van der Waals surface area contributed by atoms with Crippen LogP contribution in [0.5, 0.6) is 5.75 Å². The van der Waals surface area contributed by atoms with Crippen molar-refractivity contribution in [1.29, 1.82) is 0 Å². The Bertz CT molecular complexity index is 952. The van der Waals surface area contributed by atoms with Gasteiger partial charge in [-0.15, -0.1) is 10.2 Å². The number of carbonyl (C=O) groups is 1. The second-order valence-electron chi connectivity index (χ2n) is 6.94. The van der Waals surface area contributed by atoms with E-state index in [1.165, 1.54) is 11.3 Å². The maximum absolute atomic E-state index is 13.4. The highest BCUT2D eigenvalue weighted by Crippen LogP contribution is 2.32. The first-order valence-corrected chi connectivity index (χ1v) is 10.3. The van der Waals surface area contributed by atoms with E-state index in [9.17, 15) is 4.79 Å². The third-order valence-corrected chi connectivity index (χ3v) is 5.21. The molecule has 6 heteroatoms. The summed E-state index contributed by atoms with van der Waals surface area (Å²) in [6.07, 6.45) is 0. The molecule has 0 saturated heterocycles. The lowest BCUT2D eigenvalue weighted by molar-refractivity contribution is 0.0980. The molecule has 1 aromatic heterocycles. The van der Waals surface area contributed by atoms with Crippen LogP contribution in [0, 0.1) is 12.8 Å². The van der Waals surface area contributed by atoms with Gasteiger partial charge >= 0.3 is 0 Å². The third kappa shape index (κ3) is 4.39. The highest BCUT2D eigenvalue weighted by Gasteiger charge is 2.25. The maximum atomic E-state index is 13.4. The highest BCUT2D eigenvalue weighted by atomic mass is 32.1. The van der Waals surface area contributed by atoms with E-state index >= 15 is 0 Å². The Morgan fingerprint density at radius 1 is 1.11 bits per heavy atom. The van der Waals surface area contributed by atoms with Gasteiger partial charge in [-0.05, 0) is 37.5 Å². The minimum absolute atomic E-state index is 0.120. The van der Waals surface area contributed by atoms with Gasteiger partial charge in [-0.1, -0.05) is 61.6 Å². The molecule has 0 aliphatic rings. The largest absolute Gasteiger partial charge is 0.493 e. The van der Waals surface area contributed by atoms with Crippen molar-refractivity contribution in [3.63, 3.8) is 0 Å². The van der Waals surface area contributed by atoms with Gasteiger partial charge in [-0.25, -0.2) is 0 Å². The topological polar surface area (TPSA) is 55.3 Å². The monoisotopic (exact) mass is 395 g/mol. The van der Waals surface area contributed by atoms with Gasteiger partial charge in [0.15, 0.2) is 0 Å². The van der Waals surface area contributed by atoms with Crippen molar-refractivity contribution in [2.24, 2.45) is 5.92 Å². The van der Waals surface area contributed by atoms with Crippen molar-refractivity contribution >= 4 is 22.4 Å². The molecule has 1 amide bonds. The fourth-order valence-electron chi connectivity index (χ4n) is 2.93. The number of aromatic nitrogens is 2. The van der Waals surface area contributed by atoms with Gasteiger partial charge in [0.05, 0.1) is 12.2 Å². The smallest absolute Gasteiger partial charge is 0.263 e. The molecule has 28 heavy (non-hydrogen) atoms. The average molecular weight is 396 g/mol. The molecule has 0 radical (unpaired) electrons. The Kier molecular flexibility index (Phi) is 6.41. The maximum Gasteiger partial charge on any atom is 0.263 e. The lowest BCUT2D eigenvalue weighted by Gasteiger charge is -2.22. The molecule has 0 aliphatic carbocycles. The predicted octanol–water partition coefficient (Wildman–Crippen LogP) is 5.22. The van der Waals surface area contributed by atoms with E-state index < -0.39 is 0 Å². The zero-order valence-electron chi connectivity index (χ0n) is 16.7. The molecule has 0 fully saturated rings. The lowest BCUT2D eigenvalue weighted by Crippen LogP contribution is -2.34. The van der Waals surface area contributed by atoms with Gasteiger partial charge in [0, 0.05) is 12.1 Å². The Morgan fingerprint density at radius 3 is 2.54 bits per heavy atom.